The molecule has 1 aromatic carbocycles. The third-order valence-electron chi connectivity index (χ3n) is 5.18. The van der Waals surface area contributed by atoms with Crippen molar-refractivity contribution in [1.82, 2.24) is 19.2 Å². The lowest BCUT2D eigenvalue weighted by Gasteiger charge is -2.32. The van der Waals surface area contributed by atoms with Gasteiger partial charge in [0.2, 0.25) is 5.91 Å². The zero-order valence-corrected chi connectivity index (χ0v) is 15.9. The maximum atomic E-state index is 12.5. The van der Waals surface area contributed by atoms with Gasteiger partial charge in [-0.05, 0) is 38.7 Å². The van der Waals surface area contributed by atoms with E-state index in [1.807, 2.05) is 36.9 Å². The number of hydrogen-bond donors (Lipinski definition) is 0. The summed E-state index contributed by atoms with van der Waals surface area (Å²) in [5.74, 6) is 1.32. The number of hydrogen-bond acceptors (Lipinski definition) is 3. The molecule has 1 amide bonds. The summed E-state index contributed by atoms with van der Waals surface area (Å²) in [7, 11) is 1.70. The lowest BCUT2D eigenvalue weighted by atomic mass is 9.95. The highest BCUT2D eigenvalue weighted by Gasteiger charge is 2.28. The van der Waals surface area contributed by atoms with E-state index in [1.165, 1.54) is 10.2 Å². The van der Waals surface area contributed by atoms with E-state index in [4.69, 9.17) is 0 Å². The van der Waals surface area contributed by atoms with Crippen molar-refractivity contribution in [1.29, 1.82) is 0 Å². The first-order valence-corrected chi connectivity index (χ1v) is 9.44. The number of aromatic nitrogens is 3. The van der Waals surface area contributed by atoms with Gasteiger partial charge in [0.1, 0.15) is 5.82 Å². The van der Waals surface area contributed by atoms with Gasteiger partial charge in [0.15, 0.2) is 0 Å². The van der Waals surface area contributed by atoms with Crippen molar-refractivity contribution in [3.63, 3.8) is 0 Å². The van der Waals surface area contributed by atoms with Crippen LogP contribution in [0.15, 0.2) is 35.1 Å². The number of likely N-dealkylation sites (tertiary alicyclic amines) is 1. The highest BCUT2D eigenvalue weighted by molar-refractivity contribution is 5.76. The van der Waals surface area contributed by atoms with Gasteiger partial charge in [-0.1, -0.05) is 30.3 Å². The summed E-state index contributed by atoms with van der Waals surface area (Å²) in [6, 6.07) is 10.2. The van der Waals surface area contributed by atoms with E-state index in [2.05, 4.69) is 17.2 Å². The van der Waals surface area contributed by atoms with Crippen molar-refractivity contribution < 1.29 is 4.79 Å². The molecular formula is C20H28N4O2. The maximum Gasteiger partial charge on any atom is 0.345 e. The van der Waals surface area contributed by atoms with E-state index in [0.29, 0.717) is 6.42 Å². The number of rotatable bonds is 5. The molecule has 0 saturated carbocycles. The lowest BCUT2D eigenvalue weighted by molar-refractivity contribution is -0.132. The number of carbonyl (C=O) groups excluding carboxylic acids is 1. The van der Waals surface area contributed by atoms with E-state index in [0.717, 1.165) is 38.2 Å². The Labute approximate surface area is 154 Å². The Kier molecular flexibility index (Phi) is 5.59. The SMILES string of the molecule is CC(C)n1c(C2CCN(C(=O)CCc3ccccc3)CC2)nn(C)c1=O. The smallest absolute Gasteiger partial charge is 0.343 e. The van der Waals surface area contributed by atoms with Crippen molar-refractivity contribution in [2.24, 2.45) is 7.05 Å². The summed E-state index contributed by atoms with van der Waals surface area (Å²) in [5, 5.41) is 4.46. The van der Waals surface area contributed by atoms with Gasteiger partial charge in [-0.15, -0.1) is 0 Å². The second-order valence-electron chi connectivity index (χ2n) is 7.37. The molecular weight excluding hydrogens is 328 g/mol. The third-order valence-corrected chi connectivity index (χ3v) is 5.18. The topological polar surface area (TPSA) is 60.1 Å². The number of amides is 1. The molecule has 26 heavy (non-hydrogen) atoms. The van der Waals surface area contributed by atoms with E-state index in [9.17, 15) is 9.59 Å². The first-order chi connectivity index (χ1) is 12.5. The van der Waals surface area contributed by atoms with E-state index >= 15 is 0 Å². The zero-order chi connectivity index (χ0) is 18.7. The van der Waals surface area contributed by atoms with Crippen molar-refractivity contribution in [3.8, 4) is 0 Å². The van der Waals surface area contributed by atoms with Gasteiger partial charge in [0, 0.05) is 38.5 Å². The van der Waals surface area contributed by atoms with Crippen molar-refractivity contribution in [2.75, 3.05) is 13.1 Å². The molecule has 1 aromatic heterocycles. The average Bonchev–Trinajstić information content (AvgIpc) is 2.96. The van der Waals surface area contributed by atoms with Crippen LogP contribution in [0.3, 0.4) is 0 Å². The van der Waals surface area contributed by atoms with Crippen LogP contribution in [0.25, 0.3) is 0 Å². The molecule has 140 valence electrons. The number of piperidine rings is 1. The molecule has 1 aliphatic rings. The minimum Gasteiger partial charge on any atom is -0.343 e. The van der Waals surface area contributed by atoms with Gasteiger partial charge < -0.3 is 4.90 Å². The molecule has 0 N–H and O–H groups in total. The molecule has 0 unspecified atom stereocenters. The number of carbonyl (C=O) groups is 1. The number of benzene rings is 1. The Balaban J connectivity index is 1.58. The maximum absolute atomic E-state index is 12.5. The Bertz CT molecular complexity index is 799. The fourth-order valence-corrected chi connectivity index (χ4v) is 3.70. The van der Waals surface area contributed by atoms with Crippen LogP contribution in [-0.4, -0.2) is 38.2 Å². The van der Waals surface area contributed by atoms with Crippen LogP contribution in [0.4, 0.5) is 0 Å². The van der Waals surface area contributed by atoms with Gasteiger partial charge in [-0.3, -0.25) is 9.36 Å². The van der Waals surface area contributed by atoms with Gasteiger partial charge in [0.25, 0.3) is 0 Å². The molecule has 6 heteroatoms. The Morgan fingerprint density at radius 1 is 1.19 bits per heavy atom. The Morgan fingerprint density at radius 3 is 2.46 bits per heavy atom. The molecule has 0 radical (unpaired) electrons. The van der Waals surface area contributed by atoms with Crippen LogP contribution in [0, 0.1) is 0 Å². The standard InChI is InChI=1S/C20H28N4O2/c1-15(2)24-19(21-22(3)20(24)26)17-11-13-23(14-12-17)18(25)10-9-16-7-5-4-6-8-16/h4-8,15,17H,9-14H2,1-3H3. The van der Waals surface area contributed by atoms with Crippen LogP contribution < -0.4 is 5.69 Å². The zero-order valence-electron chi connectivity index (χ0n) is 15.9. The molecule has 0 atom stereocenters. The summed E-state index contributed by atoms with van der Waals surface area (Å²) in [5.41, 5.74) is 1.14. The average molecular weight is 356 g/mol. The predicted molar refractivity (Wildman–Crippen MR) is 101 cm³/mol. The van der Waals surface area contributed by atoms with Gasteiger partial charge >= 0.3 is 5.69 Å². The molecule has 1 saturated heterocycles. The van der Waals surface area contributed by atoms with Crippen LogP contribution in [0.5, 0.6) is 0 Å². The van der Waals surface area contributed by atoms with Crippen molar-refractivity contribution in [3.05, 3.63) is 52.2 Å². The quantitative estimate of drug-likeness (QED) is 0.827. The van der Waals surface area contributed by atoms with Gasteiger partial charge in [0.05, 0.1) is 0 Å². The summed E-state index contributed by atoms with van der Waals surface area (Å²) < 4.78 is 3.21. The second-order valence-corrected chi connectivity index (χ2v) is 7.37. The highest BCUT2D eigenvalue weighted by atomic mass is 16.2. The van der Waals surface area contributed by atoms with Crippen LogP contribution in [0.2, 0.25) is 0 Å². The summed E-state index contributed by atoms with van der Waals surface area (Å²) in [6.45, 7) is 5.49. The minimum absolute atomic E-state index is 0.0589. The Hall–Kier alpha value is -2.37. The molecule has 6 nitrogen and oxygen atoms in total. The van der Waals surface area contributed by atoms with Crippen LogP contribution in [0.1, 0.15) is 56.5 Å². The Morgan fingerprint density at radius 2 is 1.85 bits per heavy atom. The monoisotopic (exact) mass is 356 g/mol. The molecule has 3 rings (SSSR count). The van der Waals surface area contributed by atoms with E-state index < -0.39 is 0 Å². The van der Waals surface area contributed by atoms with Gasteiger partial charge in [-0.2, -0.15) is 5.10 Å². The number of aryl methyl sites for hydroxylation is 2. The first kappa shape index (κ1) is 18.4. The fraction of sp³-hybridized carbons (Fsp3) is 0.550. The lowest BCUT2D eigenvalue weighted by Crippen LogP contribution is -2.38. The molecule has 2 heterocycles. The molecule has 0 aliphatic carbocycles. The normalized spacial score (nSPS) is 15.6. The summed E-state index contributed by atoms with van der Waals surface area (Å²) in [4.78, 5) is 26.7. The van der Waals surface area contributed by atoms with E-state index in [1.54, 1.807) is 11.6 Å². The predicted octanol–water partition coefficient (Wildman–Crippen LogP) is 2.50. The second kappa shape index (κ2) is 7.89. The fourth-order valence-electron chi connectivity index (χ4n) is 3.70. The largest absolute Gasteiger partial charge is 0.345 e. The number of nitrogens with zero attached hydrogens (tertiary/aromatic N) is 4. The van der Waals surface area contributed by atoms with Crippen LogP contribution in [-0.2, 0) is 18.3 Å². The molecule has 1 aliphatic heterocycles. The van der Waals surface area contributed by atoms with E-state index in [-0.39, 0.29) is 23.6 Å². The summed E-state index contributed by atoms with van der Waals surface area (Å²) in [6.07, 6.45) is 3.06. The minimum atomic E-state index is -0.0589. The van der Waals surface area contributed by atoms with Crippen molar-refractivity contribution in [2.45, 2.75) is 51.5 Å². The van der Waals surface area contributed by atoms with Gasteiger partial charge in [-0.25, -0.2) is 9.48 Å². The summed E-state index contributed by atoms with van der Waals surface area (Å²) >= 11 is 0. The highest BCUT2D eigenvalue weighted by Crippen LogP contribution is 2.27. The van der Waals surface area contributed by atoms with Crippen molar-refractivity contribution >= 4 is 5.91 Å². The molecule has 1 fully saturated rings. The molecule has 2 aromatic rings. The third kappa shape index (κ3) is 3.89. The first-order valence-electron chi connectivity index (χ1n) is 9.44. The molecule has 0 spiro atoms. The molecule has 0 bridgehead atoms. The van der Waals surface area contributed by atoms with Crippen LogP contribution >= 0.6 is 0 Å².